The summed E-state index contributed by atoms with van der Waals surface area (Å²) < 4.78 is 5.55. The Labute approximate surface area is 87.7 Å². The van der Waals surface area contributed by atoms with Gasteiger partial charge in [-0.15, -0.1) is 22.9 Å². The Kier molecular flexibility index (Phi) is 2.92. The fourth-order valence-corrected chi connectivity index (χ4v) is 2.93. The van der Waals surface area contributed by atoms with E-state index in [-0.39, 0.29) is 11.5 Å². The van der Waals surface area contributed by atoms with Crippen LogP contribution in [0.5, 0.6) is 0 Å². The molecule has 0 spiro atoms. The highest BCUT2D eigenvalue weighted by atomic mass is 35.5. The van der Waals surface area contributed by atoms with Crippen molar-refractivity contribution in [2.24, 2.45) is 0 Å². The van der Waals surface area contributed by atoms with Crippen LogP contribution in [0.25, 0.3) is 0 Å². The minimum absolute atomic E-state index is 0.0567. The molecule has 13 heavy (non-hydrogen) atoms. The summed E-state index contributed by atoms with van der Waals surface area (Å²) in [7, 11) is 0. The van der Waals surface area contributed by atoms with E-state index in [1.54, 1.807) is 11.3 Å². The summed E-state index contributed by atoms with van der Waals surface area (Å²) in [4.78, 5) is 2.56. The molecule has 1 aromatic rings. The molecule has 2 rings (SSSR count). The molecule has 1 aromatic heterocycles. The molecule has 0 N–H and O–H groups in total. The van der Waals surface area contributed by atoms with Crippen molar-refractivity contribution in [3.63, 3.8) is 0 Å². The van der Waals surface area contributed by atoms with Crippen molar-refractivity contribution in [1.29, 1.82) is 0 Å². The van der Waals surface area contributed by atoms with E-state index in [0.717, 1.165) is 19.4 Å². The fourth-order valence-electron chi connectivity index (χ4n) is 1.62. The first-order valence-electron chi connectivity index (χ1n) is 4.59. The Bertz CT molecular complexity index is 278. The lowest BCUT2D eigenvalue weighted by atomic mass is 10.1. The molecule has 2 heterocycles. The van der Waals surface area contributed by atoms with E-state index < -0.39 is 0 Å². The Morgan fingerprint density at radius 1 is 1.62 bits per heavy atom. The van der Waals surface area contributed by atoms with Gasteiger partial charge in [-0.1, -0.05) is 0 Å². The second-order valence-corrected chi connectivity index (χ2v) is 5.19. The SMILES string of the molecule is Cc1ccc(C(Cl)C2CCCO2)s1. The van der Waals surface area contributed by atoms with Gasteiger partial charge in [-0.2, -0.15) is 0 Å². The van der Waals surface area contributed by atoms with Gasteiger partial charge in [0.2, 0.25) is 0 Å². The summed E-state index contributed by atoms with van der Waals surface area (Å²) in [6.45, 7) is 2.98. The molecule has 72 valence electrons. The molecule has 3 heteroatoms. The van der Waals surface area contributed by atoms with E-state index in [1.165, 1.54) is 9.75 Å². The van der Waals surface area contributed by atoms with Crippen molar-refractivity contribution in [1.82, 2.24) is 0 Å². The molecule has 2 unspecified atom stereocenters. The molecule has 0 saturated carbocycles. The average Bonchev–Trinajstić information content (AvgIpc) is 2.72. The van der Waals surface area contributed by atoms with Crippen LogP contribution >= 0.6 is 22.9 Å². The third kappa shape index (κ3) is 2.06. The second kappa shape index (κ2) is 3.99. The summed E-state index contributed by atoms with van der Waals surface area (Å²) in [5, 5.41) is 0.0567. The predicted octanol–water partition coefficient (Wildman–Crippen LogP) is 3.52. The summed E-state index contributed by atoms with van der Waals surface area (Å²) >= 11 is 8.08. The van der Waals surface area contributed by atoms with Gasteiger partial charge in [-0.05, 0) is 31.9 Å². The quantitative estimate of drug-likeness (QED) is 0.688. The Hall–Kier alpha value is -0.0500. The molecule has 1 saturated heterocycles. The zero-order chi connectivity index (χ0) is 9.26. The molecule has 0 radical (unpaired) electrons. The van der Waals surface area contributed by atoms with E-state index in [9.17, 15) is 0 Å². The lowest BCUT2D eigenvalue weighted by Crippen LogP contribution is -2.11. The van der Waals surface area contributed by atoms with Crippen molar-refractivity contribution < 1.29 is 4.74 Å². The maximum absolute atomic E-state index is 6.31. The van der Waals surface area contributed by atoms with Gasteiger partial charge in [-0.3, -0.25) is 0 Å². The number of alkyl halides is 1. The predicted molar refractivity (Wildman–Crippen MR) is 56.6 cm³/mol. The summed E-state index contributed by atoms with van der Waals surface area (Å²) in [6.07, 6.45) is 2.49. The topological polar surface area (TPSA) is 9.23 Å². The van der Waals surface area contributed by atoms with E-state index in [2.05, 4.69) is 19.1 Å². The highest BCUT2D eigenvalue weighted by Gasteiger charge is 2.26. The molecule has 1 aliphatic heterocycles. The molecular weight excluding hydrogens is 204 g/mol. The average molecular weight is 217 g/mol. The first-order valence-corrected chi connectivity index (χ1v) is 5.84. The fraction of sp³-hybridized carbons (Fsp3) is 0.600. The van der Waals surface area contributed by atoms with Gasteiger partial charge in [0.15, 0.2) is 0 Å². The molecule has 1 nitrogen and oxygen atoms in total. The molecule has 1 aliphatic rings. The number of rotatable bonds is 2. The lowest BCUT2D eigenvalue weighted by Gasteiger charge is -2.14. The van der Waals surface area contributed by atoms with Gasteiger partial charge >= 0.3 is 0 Å². The normalized spacial score (nSPS) is 24.9. The number of halogens is 1. The largest absolute Gasteiger partial charge is 0.376 e. The standard InChI is InChI=1S/C10H13ClOS/c1-7-4-5-9(13-7)10(11)8-3-2-6-12-8/h4-5,8,10H,2-3,6H2,1H3. The molecule has 0 aromatic carbocycles. The monoisotopic (exact) mass is 216 g/mol. The van der Waals surface area contributed by atoms with E-state index in [4.69, 9.17) is 16.3 Å². The smallest absolute Gasteiger partial charge is 0.0939 e. The van der Waals surface area contributed by atoms with Crippen molar-refractivity contribution in [2.75, 3.05) is 6.61 Å². The Morgan fingerprint density at radius 3 is 3.00 bits per heavy atom. The van der Waals surface area contributed by atoms with Gasteiger partial charge in [0, 0.05) is 16.4 Å². The molecule has 0 amide bonds. The second-order valence-electron chi connectivity index (χ2n) is 3.40. The minimum Gasteiger partial charge on any atom is -0.376 e. The molecule has 0 aliphatic carbocycles. The summed E-state index contributed by atoms with van der Waals surface area (Å²) in [5.74, 6) is 0. The summed E-state index contributed by atoms with van der Waals surface area (Å²) in [6, 6.07) is 4.23. The third-order valence-corrected chi connectivity index (χ3v) is 4.05. The van der Waals surface area contributed by atoms with E-state index in [0.29, 0.717) is 0 Å². The number of hydrogen-bond donors (Lipinski definition) is 0. The van der Waals surface area contributed by atoms with Crippen LogP contribution in [0.1, 0.15) is 28.0 Å². The van der Waals surface area contributed by atoms with E-state index >= 15 is 0 Å². The van der Waals surface area contributed by atoms with Crippen molar-refractivity contribution in [3.05, 3.63) is 21.9 Å². The van der Waals surface area contributed by atoms with Gasteiger partial charge in [0.1, 0.15) is 0 Å². The highest BCUT2D eigenvalue weighted by Crippen LogP contribution is 2.35. The molecule has 1 fully saturated rings. The van der Waals surface area contributed by atoms with Crippen LogP contribution < -0.4 is 0 Å². The van der Waals surface area contributed by atoms with Gasteiger partial charge < -0.3 is 4.74 Å². The number of hydrogen-bond acceptors (Lipinski definition) is 2. The Balaban J connectivity index is 2.07. The first-order chi connectivity index (χ1) is 6.27. The number of thiophene rings is 1. The van der Waals surface area contributed by atoms with E-state index in [1.807, 2.05) is 0 Å². The highest BCUT2D eigenvalue weighted by molar-refractivity contribution is 7.12. The van der Waals surface area contributed by atoms with Crippen LogP contribution in [-0.2, 0) is 4.74 Å². The molecular formula is C10H13ClOS. The third-order valence-electron chi connectivity index (χ3n) is 2.32. The number of ether oxygens (including phenoxy) is 1. The van der Waals surface area contributed by atoms with Gasteiger partial charge in [0.05, 0.1) is 11.5 Å². The lowest BCUT2D eigenvalue weighted by molar-refractivity contribution is 0.108. The maximum Gasteiger partial charge on any atom is 0.0939 e. The van der Waals surface area contributed by atoms with Crippen LogP contribution in [0.15, 0.2) is 12.1 Å². The zero-order valence-corrected chi connectivity index (χ0v) is 9.20. The zero-order valence-electron chi connectivity index (χ0n) is 7.63. The van der Waals surface area contributed by atoms with Crippen molar-refractivity contribution in [3.8, 4) is 0 Å². The van der Waals surface area contributed by atoms with Crippen molar-refractivity contribution >= 4 is 22.9 Å². The summed E-state index contributed by atoms with van der Waals surface area (Å²) in [5.41, 5.74) is 0. The first kappa shape index (κ1) is 9.50. The van der Waals surface area contributed by atoms with Crippen LogP contribution in [0.2, 0.25) is 0 Å². The molecule has 0 bridgehead atoms. The number of aryl methyl sites for hydroxylation is 1. The van der Waals surface area contributed by atoms with Crippen LogP contribution in [0.4, 0.5) is 0 Å². The van der Waals surface area contributed by atoms with Crippen LogP contribution in [0.3, 0.4) is 0 Å². The van der Waals surface area contributed by atoms with Crippen LogP contribution in [-0.4, -0.2) is 12.7 Å². The van der Waals surface area contributed by atoms with Gasteiger partial charge in [0.25, 0.3) is 0 Å². The Morgan fingerprint density at radius 2 is 2.46 bits per heavy atom. The maximum atomic E-state index is 6.31. The molecule has 2 atom stereocenters. The van der Waals surface area contributed by atoms with Crippen LogP contribution in [0, 0.1) is 6.92 Å². The minimum atomic E-state index is 0.0567. The van der Waals surface area contributed by atoms with Gasteiger partial charge in [-0.25, -0.2) is 0 Å². The van der Waals surface area contributed by atoms with Crippen molar-refractivity contribution in [2.45, 2.75) is 31.2 Å².